The summed E-state index contributed by atoms with van der Waals surface area (Å²) in [6.45, 7) is 13.5. The van der Waals surface area contributed by atoms with Gasteiger partial charge < -0.3 is 10.1 Å². The summed E-state index contributed by atoms with van der Waals surface area (Å²) < 4.78 is 5.60. The van der Waals surface area contributed by atoms with E-state index in [9.17, 15) is 0 Å². The van der Waals surface area contributed by atoms with Crippen LogP contribution >= 0.6 is 0 Å². The number of aryl methyl sites for hydroxylation is 1. The molecule has 3 aromatic rings. The van der Waals surface area contributed by atoms with Crippen molar-refractivity contribution in [2.45, 2.75) is 59.4 Å². The Morgan fingerprint density at radius 3 is 2.00 bits per heavy atom. The first-order valence-electron chi connectivity index (χ1n) is 11.0. The molecule has 2 heteroatoms. The van der Waals surface area contributed by atoms with Crippen LogP contribution < -0.4 is 10.1 Å². The van der Waals surface area contributed by atoms with E-state index in [-0.39, 0.29) is 6.04 Å². The van der Waals surface area contributed by atoms with E-state index < -0.39 is 0 Å². The first-order chi connectivity index (χ1) is 14.3. The molecule has 3 rings (SSSR count). The molecule has 1 atom stereocenters. The van der Waals surface area contributed by atoms with Gasteiger partial charge in [0.15, 0.2) is 0 Å². The normalized spacial score (nSPS) is 12.3. The Morgan fingerprint density at radius 2 is 1.40 bits per heavy atom. The third kappa shape index (κ3) is 4.70. The van der Waals surface area contributed by atoms with Gasteiger partial charge >= 0.3 is 0 Å². The fourth-order valence-corrected chi connectivity index (χ4v) is 4.12. The van der Waals surface area contributed by atoms with Crippen LogP contribution in [0.5, 0.6) is 5.75 Å². The number of hydrogen-bond donors (Lipinski definition) is 1. The van der Waals surface area contributed by atoms with E-state index in [0.29, 0.717) is 11.8 Å². The third-order valence-corrected chi connectivity index (χ3v) is 5.75. The van der Waals surface area contributed by atoms with E-state index in [0.717, 1.165) is 11.3 Å². The first kappa shape index (κ1) is 22.0. The van der Waals surface area contributed by atoms with Crippen molar-refractivity contribution in [1.82, 2.24) is 0 Å². The topological polar surface area (TPSA) is 21.3 Å². The Bertz CT molecular complexity index is 977. The Labute approximate surface area is 182 Å². The highest BCUT2D eigenvalue weighted by molar-refractivity contribution is 5.72. The molecule has 0 spiro atoms. The zero-order valence-corrected chi connectivity index (χ0v) is 19.4. The van der Waals surface area contributed by atoms with Crippen molar-refractivity contribution in [2.75, 3.05) is 12.4 Å². The van der Waals surface area contributed by atoms with Crippen molar-refractivity contribution in [3.05, 3.63) is 82.9 Å². The highest BCUT2D eigenvalue weighted by atomic mass is 16.5. The minimum absolute atomic E-state index is 0.191. The highest BCUT2D eigenvalue weighted by Gasteiger charge is 2.17. The second-order valence-electron chi connectivity index (χ2n) is 8.82. The molecule has 1 N–H and O–H groups in total. The van der Waals surface area contributed by atoms with Crippen LogP contribution in [0.2, 0.25) is 0 Å². The molecule has 2 nitrogen and oxygen atoms in total. The molecular weight excluding hydrogens is 366 g/mol. The van der Waals surface area contributed by atoms with Gasteiger partial charge in [-0.1, -0.05) is 81.8 Å². The van der Waals surface area contributed by atoms with E-state index >= 15 is 0 Å². The van der Waals surface area contributed by atoms with Crippen molar-refractivity contribution in [3.8, 4) is 16.9 Å². The Morgan fingerprint density at radius 1 is 0.767 bits per heavy atom. The molecule has 0 fully saturated rings. The number of benzene rings is 3. The zero-order chi connectivity index (χ0) is 21.8. The number of rotatable bonds is 7. The van der Waals surface area contributed by atoms with Crippen molar-refractivity contribution >= 4 is 5.69 Å². The Balaban J connectivity index is 2.01. The van der Waals surface area contributed by atoms with E-state index in [1.165, 1.54) is 33.5 Å². The quantitative estimate of drug-likeness (QED) is 0.432. The molecule has 30 heavy (non-hydrogen) atoms. The number of para-hydroxylation sites is 2. The maximum atomic E-state index is 5.60. The molecule has 0 saturated carbocycles. The molecular formula is C28H35NO. The summed E-state index contributed by atoms with van der Waals surface area (Å²) in [5.74, 6) is 1.85. The maximum Gasteiger partial charge on any atom is 0.126 e. The molecule has 3 aromatic carbocycles. The van der Waals surface area contributed by atoms with E-state index in [1.807, 2.05) is 12.1 Å². The summed E-state index contributed by atoms with van der Waals surface area (Å²) in [6, 6.07) is 21.9. The minimum Gasteiger partial charge on any atom is -0.496 e. The Hall–Kier alpha value is -2.74. The second kappa shape index (κ2) is 9.38. The van der Waals surface area contributed by atoms with Gasteiger partial charge in [0.2, 0.25) is 0 Å². The van der Waals surface area contributed by atoms with Gasteiger partial charge in [0.1, 0.15) is 5.75 Å². The summed E-state index contributed by atoms with van der Waals surface area (Å²) in [5.41, 5.74) is 8.90. The lowest BCUT2D eigenvalue weighted by Crippen LogP contribution is -2.12. The molecule has 1 unspecified atom stereocenters. The maximum absolute atomic E-state index is 5.60. The number of ether oxygens (including phenoxy) is 1. The van der Waals surface area contributed by atoms with Crippen molar-refractivity contribution < 1.29 is 4.74 Å². The lowest BCUT2D eigenvalue weighted by Gasteiger charge is -2.25. The van der Waals surface area contributed by atoms with Crippen LogP contribution in [0.1, 0.15) is 74.8 Å². The monoisotopic (exact) mass is 401 g/mol. The molecule has 0 amide bonds. The summed E-state index contributed by atoms with van der Waals surface area (Å²) in [4.78, 5) is 0. The van der Waals surface area contributed by atoms with Crippen molar-refractivity contribution in [2.24, 2.45) is 0 Å². The fraction of sp³-hybridized carbons (Fsp3) is 0.357. The second-order valence-corrected chi connectivity index (χ2v) is 8.82. The van der Waals surface area contributed by atoms with Crippen LogP contribution in [0.25, 0.3) is 11.1 Å². The molecule has 0 heterocycles. The average Bonchev–Trinajstić information content (AvgIpc) is 2.72. The minimum atomic E-state index is 0.191. The van der Waals surface area contributed by atoms with Gasteiger partial charge in [-0.25, -0.2) is 0 Å². The fourth-order valence-electron chi connectivity index (χ4n) is 4.12. The number of nitrogens with one attached hydrogen (secondary N) is 1. The molecule has 0 aliphatic carbocycles. The largest absolute Gasteiger partial charge is 0.496 e. The zero-order valence-electron chi connectivity index (χ0n) is 19.4. The summed E-state index contributed by atoms with van der Waals surface area (Å²) in [5, 5.41) is 3.86. The van der Waals surface area contributed by atoms with Crippen molar-refractivity contribution in [1.29, 1.82) is 0 Å². The van der Waals surface area contributed by atoms with Crippen LogP contribution in [0, 0.1) is 6.92 Å². The van der Waals surface area contributed by atoms with E-state index in [1.54, 1.807) is 7.11 Å². The van der Waals surface area contributed by atoms with Gasteiger partial charge in [-0.15, -0.1) is 0 Å². The van der Waals surface area contributed by atoms with Gasteiger partial charge in [0.05, 0.1) is 7.11 Å². The number of anilines is 1. The smallest absolute Gasteiger partial charge is 0.126 e. The molecule has 0 saturated heterocycles. The molecule has 0 bridgehead atoms. The van der Waals surface area contributed by atoms with Gasteiger partial charge in [0, 0.05) is 17.3 Å². The number of hydrogen-bond acceptors (Lipinski definition) is 2. The van der Waals surface area contributed by atoms with Gasteiger partial charge in [-0.3, -0.25) is 0 Å². The van der Waals surface area contributed by atoms with Gasteiger partial charge in [0.25, 0.3) is 0 Å². The highest BCUT2D eigenvalue weighted by Crippen LogP contribution is 2.36. The first-order valence-corrected chi connectivity index (χ1v) is 11.0. The average molecular weight is 402 g/mol. The third-order valence-electron chi connectivity index (χ3n) is 5.75. The Kier molecular flexibility index (Phi) is 6.87. The standard InChI is InChI=1S/C28H35NO/c1-18(2)24-12-10-13-25(19(3)4)28(24)29-21(6)22-15-20(5)16-23(17-22)26-11-8-9-14-27(26)30-7/h8-19,21,29H,1-7H3. The molecule has 0 aliphatic rings. The number of methoxy groups -OCH3 is 1. The predicted molar refractivity (Wildman–Crippen MR) is 130 cm³/mol. The van der Waals surface area contributed by atoms with Crippen LogP contribution in [-0.4, -0.2) is 7.11 Å². The summed E-state index contributed by atoms with van der Waals surface area (Å²) in [7, 11) is 1.73. The summed E-state index contributed by atoms with van der Waals surface area (Å²) in [6.07, 6.45) is 0. The van der Waals surface area contributed by atoms with Gasteiger partial charge in [-0.2, -0.15) is 0 Å². The SMILES string of the molecule is COc1ccccc1-c1cc(C)cc(C(C)Nc2c(C(C)C)cccc2C(C)C)c1. The van der Waals surface area contributed by atoms with Crippen LogP contribution in [0.15, 0.2) is 60.7 Å². The van der Waals surface area contributed by atoms with Crippen LogP contribution in [0.4, 0.5) is 5.69 Å². The summed E-state index contributed by atoms with van der Waals surface area (Å²) >= 11 is 0. The van der Waals surface area contributed by atoms with E-state index in [2.05, 4.69) is 95.4 Å². The molecule has 158 valence electrons. The van der Waals surface area contributed by atoms with Crippen LogP contribution in [0.3, 0.4) is 0 Å². The molecule has 0 aromatic heterocycles. The lowest BCUT2D eigenvalue weighted by atomic mass is 9.91. The molecule has 0 aliphatic heterocycles. The van der Waals surface area contributed by atoms with Crippen LogP contribution in [-0.2, 0) is 0 Å². The van der Waals surface area contributed by atoms with E-state index in [4.69, 9.17) is 4.74 Å². The predicted octanol–water partition coefficient (Wildman–Crippen LogP) is 8.09. The molecule has 0 radical (unpaired) electrons. The van der Waals surface area contributed by atoms with Gasteiger partial charge in [-0.05, 0) is 60.1 Å². The lowest BCUT2D eigenvalue weighted by molar-refractivity contribution is 0.416. The van der Waals surface area contributed by atoms with Crippen molar-refractivity contribution in [3.63, 3.8) is 0 Å².